The first-order valence-electron chi connectivity index (χ1n) is 12.4. The number of aryl methyl sites for hydroxylation is 1. The predicted octanol–water partition coefficient (Wildman–Crippen LogP) is 5.35. The second-order valence-electron chi connectivity index (χ2n) is 9.00. The molecule has 5 rings (SSSR count). The van der Waals surface area contributed by atoms with Gasteiger partial charge in [0, 0.05) is 16.7 Å². The SMILES string of the molecule is Cc1ccccc1C(=O)CN1C(=O)[C@H](NC(=O)Nc2ccccc2F)N=C(c2ccccc2)c2ccccc21. The lowest BCUT2D eigenvalue weighted by Gasteiger charge is -2.25. The summed E-state index contributed by atoms with van der Waals surface area (Å²) in [6.07, 6.45) is -1.39. The van der Waals surface area contributed by atoms with Gasteiger partial charge in [-0.25, -0.2) is 14.2 Å². The Bertz CT molecular complexity index is 1590. The molecule has 1 atom stereocenters. The minimum absolute atomic E-state index is 0.0433. The summed E-state index contributed by atoms with van der Waals surface area (Å²) in [5.41, 5.74) is 3.57. The number of hydrogen-bond acceptors (Lipinski definition) is 4. The molecule has 39 heavy (non-hydrogen) atoms. The van der Waals surface area contributed by atoms with Crippen molar-refractivity contribution in [3.63, 3.8) is 0 Å². The summed E-state index contributed by atoms with van der Waals surface area (Å²) >= 11 is 0. The number of nitrogens with zero attached hydrogens (tertiary/aromatic N) is 2. The number of urea groups is 1. The van der Waals surface area contributed by atoms with Gasteiger partial charge in [-0.2, -0.15) is 0 Å². The Morgan fingerprint density at radius 2 is 1.54 bits per heavy atom. The van der Waals surface area contributed by atoms with E-state index in [1.807, 2.05) is 61.5 Å². The monoisotopic (exact) mass is 520 g/mol. The van der Waals surface area contributed by atoms with Gasteiger partial charge >= 0.3 is 6.03 Å². The number of ketones is 1. The number of fused-ring (bicyclic) bond motifs is 1. The molecule has 1 aliphatic rings. The van der Waals surface area contributed by atoms with E-state index >= 15 is 0 Å². The summed E-state index contributed by atoms with van der Waals surface area (Å²) in [4.78, 5) is 46.2. The van der Waals surface area contributed by atoms with Crippen molar-refractivity contribution in [1.29, 1.82) is 0 Å². The second-order valence-corrected chi connectivity index (χ2v) is 9.00. The molecule has 0 spiro atoms. The van der Waals surface area contributed by atoms with Gasteiger partial charge in [-0.05, 0) is 30.7 Å². The number of benzodiazepines with no additional fused rings is 1. The van der Waals surface area contributed by atoms with E-state index in [0.717, 1.165) is 11.1 Å². The minimum Gasteiger partial charge on any atom is -0.308 e. The quantitative estimate of drug-likeness (QED) is 0.336. The zero-order chi connectivity index (χ0) is 27.4. The van der Waals surface area contributed by atoms with Crippen molar-refractivity contribution in [1.82, 2.24) is 5.32 Å². The second kappa shape index (κ2) is 11.1. The maximum atomic E-state index is 14.1. The highest BCUT2D eigenvalue weighted by atomic mass is 19.1. The summed E-state index contributed by atoms with van der Waals surface area (Å²) < 4.78 is 14.1. The molecule has 0 aliphatic carbocycles. The van der Waals surface area contributed by atoms with Gasteiger partial charge in [0.05, 0.1) is 23.6 Å². The van der Waals surface area contributed by atoms with Crippen LogP contribution in [0.5, 0.6) is 0 Å². The van der Waals surface area contributed by atoms with Crippen LogP contribution in [0.1, 0.15) is 27.0 Å². The third-order valence-electron chi connectivity index (χ3n) is 6.39. The molecule has 0 aromatic heterocycles. The molecule has 0 bridgehead atoms. The fraction of sp³-hybridized carbons (Fsp3) is 0.0968. The van der Waals surface area contributed by atoms with E-state index < -0.39 is 23.9 Å². The van der Waals surface area contributed by atoms with Gasteiger partial charge in [-0.15, -0.1) is 0 Å². The van der Waals surface area contributed by atoms with Crippen LogP contribution in [0.15, 0.2) is 108 Å². The zero-order valence-corrected chi connectivity index (χ0v) is 21.1. The van der Waals surface area contributed by atoms with Gasteiger partial charge in [0.15, 0.2) is 5.78 Å². The first-order chi connectivity index (χ1) is 18.9. The Morgan fingerprint density at radius 1 is 0.872 bits per heavy atom. The Hall–Kier alpha value is -5.11. The largest absolute Gasteiger partial charge is 0.321 e. The number of Topliss-reactive ketones (excluding diaryl/α,β-unsaturated/α-hetero) is 1. The summed E-state index contributed by atoms with van der Waals surface area (Å²) in [6.45, 7) is 1.57. The summed E-state index contributed by atoms with van der Waals surface area (Å²) in [5.74, 6) is -1.47. The van der Waals surface area contributed by atoms with Crippen LogP contribution in [0.25, 0.3) is 0 Å². The molecule has 0 fully saturated rings. The molecule has 0 unspecified atom stereocenters. The Labute approximate surface area is 225 Å². The molecule has 0 saturated carbocycles. The van der Waals surface area contributed by atoms with E-state index in [1.54, 1.807) is 30.3 Å². The maximum absolute atomic E-state index is 14.1. The van der Waals surface area contributed by atoms with Gasteiger partial charge in [-0.3, -0.25) is 9.59 Å². The molecule has 4 aromatic rings. The van der Waals surface area contributed by atoms with E-state index in [0.29, 0.717) is 22.5 Å². The molecule has 1 heterocycles. The molecule has 2 N–H and O–H groups in total. The molecule has 1 aliphatic heterocycles. The van der Waals surface area contributed by atoms with Crippen molar-refractivity contribution in [3.05, 3.63) is 131 Å². The van der Waals surface area contributed by atoms with Crippen molar-refractivity contribution in [2.45, 2.75) is 13.1 Å². The van der Waals surface area contributed by atoms with E-state index in [4.69, 9.17) is 0 Å². The zero-order valence-electron chi connectivity index (χ0n) is 21.1. The van der Waals surface area contributed by atoms with Crippen molar-refractivity contribution >= 4 is 34.8 Å². The third kappa shape index (κ3) is 5.45. The minimum atomic E-state index is -1.39. The Morgan fingerprint density at radius 3 is 2.31 bits per heavy atom. The number of anilines is 2. The van der Waals surface area contributed by atoms with Gasteiger partial charge in [0.2, 0.25) is 6.17 Å². The first kappa shape index (κ1) is 25.5. The number of aliphatic imine (C=N–C) groups is 1. The van der Waals surface area contributed by atoms with Gasteiger partial charge in [-0.1, -0.05) is 84.9 Å². The molecular weight excluding hydrogens is 495 g/mol. The standard InChI is InChI=1S/C31H25FN4O3/c1-20-11-5-6-14-22(20)27(37)19-36-26-18-10-7-15-23(26)28(21-12-3-2-4-13-21)34-29(30(36)38)35-31(39)33-25-17-9-8-16-24(25)32/h2-18,29H,19H2,1H3,(H2,33,35,39)/t29-/m0/s1. The lowest BCUT2D eigenvalue weighted by Crippen LogP contribution is -2.50. The molecular formula is C31H25FN4O3. The number of para-hydroxylation sites is 2. The van der Waals surface area contributed by atoms with E-state index in [9.17, 15) is 18.8 Å². The average Bonchev–Trinajstić information content (AvgIpc) is 3.06. The highest BCUT2D eigenvalue weighted by molar-refractivity contribution is 6.21. The molecule has 7 nitrogen and oxygen atoms in total. The Kier molecular flexibility index (Phi) is 7.27. The molecule has 0 saturated heterocycles. The van der Waals surface area contributed by atoms with Crippen LogP contribution in [0.4, 0.5) is 20.6 Å². The topological polar surface area (TPSA) is 90.9 Å². The highest BCUT2D eigenvalue weighted by Crippen LogP contribution is 2.29. The van der Waals surface area contributed by atoms with Crippen LogP contribution in [-0.4, -0.2) is 36.1 Å². The summed E-state index contributed by atoms with van der Waals surface area (Å²) in [7, 11) is 0. The van der Waals surface area contributed by atoms with Crippen molar-refractivity contribution in [2.24, 2.45) is 4.99 Å². The Balaban J connectivity index is 1.55. The number of carbonyl (C=O) groups is 3. The predicted molar refractivity (Wildman–Crippen MR) is 149 cm³/mol. The van der Waals surface area contributed by atoms with Crippen LogP contribution >= 0.6 is 0 Å². The van der Waals surface area contributed by atoms with Crippen LogP contribution < -0.4 is 15.5 Å². The van der Waals surface area contributed by atoms with Crippen molar-refractivity contribution < 1.29 is 18.8 Å². The van der Waals surface area contributed by atoms with Crippen molar-refractivity contribution in [3.8, 4) is 0 Å². The number of halogens is 1. The summed E-state index contributed by atoms with van der Waals surface area (Å²) in [5, 5.41) is 5.00. The summed E-state index contributed by atoms with van der Waals surface area (Å²) in [6, 6.07) is 28.5. The van der Waals surface area contributed by atoms with Gasteiger partial charge in [0.1, 0.15) is 5.82 Å². The third-order valence-corrected chi connectivity index (χ3v) is 6.39. The van der Waals surface area contributed by atoms with E-state index in [-0.39, 0.29) is 18.0 Å². The van der Waals surface area contributed by atoms with Crippen LogP contribution in [0, 0.1) is 12.7 Å². The number of hydrogen-bond donors (Lipinski definition) is 2. The molecule has 3 amide bonds. The number of nitrogens with one attached hydrogen (secondary N) is 2. The fourth-order valence-corrected chi connectivity index (χ4v) is 4.47. The van der Waals surface area contributed by atoms with Crippen molar-refractivity contribution in [2.75, 3.05) is 16.8 Å². The molecule has 4 aromatic carbocycles. The first-order valence-corrected chi connectivity index (χ1v) is 12.4. The molecule has 8 heteroatoms. The normalized spacial score (nSPS) is 14.6. The average molecular weight is 521 g/mol. The lowest BCUT2D eigenvalue weighted by atomic mass is 9.99. The van der Waals surface area contributed by atoms with Gasteiger partial charge < -0.3 is 15.5 Å². The smallest absolute Gasteiger partial charge is 0.308 e. The number of amides is 3. The fourth-order valence-electron chi connectivity index (χ4n) is 4.47. The maximum Gasteiger partial charge on any atom is 0.321 e. The molecule has 0 radical (unpaired) electrons. The van der Waals surface area contributed by atoms with Gasteiger partial charge in [0.25, 0.3) is 5.91 Å². The lowest BCUT2D eigenvalue weighted by molar-refractivity contribution is -0.120. The number of carbonyl (C=O) groups excluding carboxylic acids is 3. The number of rotatable bonds is 6. The van der Waals surface area contributed by atoms with E-state index in [2.05, 4.69) is 15.6 Å². The van der Waals surface area contributed by atoms with Crippen LogP contribution in [-0.2, 0) is 4.79 Å². The van der Waals surface area contributed by atoms with E-state index in [1.165, 1.54) is 23.1 Å². The van der Waals surface area contributed by atoms with Crippen LogP contribution in [0.2, 0.25) is 0 Å². The van der Waals surface area contributed by atoms with Crippen LogP contribution in [0.3, 0.4) is 0 Å². The highest BCUT2D eigenvalue weighted by Gasteiger charge is 2.34. The molecule has 194 valence electrons. The number of benzene rings is 4.